The van der Waals surface area contributed by atoms with E-state index in [9.17, 15) is 8.42 Å². The molecule has 0 spiro atoms. The van der Waals surface area contributed by atoms with Crippen LogP contribution < -0.4 is 5.73 Å². The van der Waals surface area contributed by atoms with Crippen molar-refractivity contribution in [1.29, 1.82) is 0 Å². The van der Waals surface area contributed by atoms with Crippen molar-refractivity contribution in [2.75, 3.05) is 30.3 Å². The first-order valence-electron chi connectivity index (χ1n) is 7.38. The Morgan fingerprint density at radius 3 is 2.90 bits per heavy atom. The second kappa shape index (κ2) is 5.57. The Bertz CT molecular complexity index is 632. The van der Waals surface area contributed by atoms with E-state index in [2.05, 4.69) is 11.8 Å². The minimum atomic E-state index is -3.17. The highest BCUT2D eigenvalue weighted by Gasteiger charge is 2.46. The first-order chi connectivity index (χ1) is 10.0. The van der Waals surface area contributed by atoms with Crippen molar-refractivity contribution >= 4 is 21.6 Å². The SMILES string of the molecule is CC1CSCCN1C1(CN)CCS(=O)(=O)c2ccccc21. The van der Waals surface area contributed by atoms with Gasteiger partial charge in [-0.05, 0) is 25.0 Å². The van der Waals surface area contributed by atoms with E-state index in [1.165, 1.54) is 0 Å². The highest BCUT2D eigenvalue weighted by molar-refractivity contribution is 7.99. The van der Waals surface area contributed by atoms with Gasteiger partial charge in [0, 0.05) is 30.6 Å². The molecule has 116 valence electrons. The summed E-state index contributed by atoms with van der Waals surface area (Å²) in [6.07, 6.45) is 0.595. The summed E-state index contributed by atoms with van der Waals surface area (Å²) < 4.78 is 24.8. The zero-order valence-electron chi connectivity index (χ0n) is 12.3. The molecule has 0 aliphatic carbocycles. The van der Waals surface area contributed by atoms with Crippen molar-refractivity contribution in [2.24, 2.45) is 5.73 Å². The third kappa shape index (κ3) is 2.42. The summed E-state index contributed by atoms with van der Waals surface area (Å²) in [6.45, 7) is 3.65. The van der Waals surface area contributed by atoms with Crippen molar-refractivity contribution in [3.63, 3.8) is 0 Å². The first kappa shape index (κ1) is 15.3. The smallest absolute Gasteiger partial charge is 0.178 e. The lowest BCUT2D eigenvalue weighted by Gasteiger charge is -2.51. The van der Waals surface area contributed by atoms with E-state index in [-0.39, 0.29) is 11.3 Å². The van der Waals surface area contributed by atoms with Gasteiger partial charge >= 0.3 is 0 Å². The van der Waals surface area contributed by atoms with E-state index < -0.39 is 9.84 Å². The molecule has 2 heterocycles. The van der Waals surface area contributed by atoms with E-state index in [1.807, 2.05) is 23.9 Å². The summed E-state index contributed by atoms with van der Waals surface area (Å²) in [5.74, 6) is 2.36. The van der Waals surface area contributed by atoms with Gasteiger partial charge in [-0.1, -0.05) is 18.2 Å². The van der Waals surface area contributed by atoms with Crippen LogP contribution in [0.3, 0.4) is 0 Å². The van der Waals surface area contributed by atoms with E-state index >= 15 is 0 Å². The van der Waals surface area contributed by atoms with Gasteiger partial charge in [0.2, 0.25) is 0 Å². The maximum absolute atomic E-state index is 12.4. The lowest BCUT2D eigenvalue weighted by Crippen LogP contribution is -2.59. The van der Waals surface area contributed by atoms with Gasteiger partial charge in [-0.2, -0.15) is 11.8 Å². The fourth-order valence-electron chi connectivity index (χ4n) is 3.66. The van der Waals surface area contributed by atoms with Crippen LogP contribution in [0.4, 0.5) is 0 Å². The molecule has 6 heteroatoms. The van der Waals surface area contributed by atoms with Crippen molar-refractivity contribution in [3.05, 3.63) is 29.8 Å². The maximum atomic E-state index is 12.4. The Balaban J connectivity index is 2.15. The zero-order valence-corrected chi connectivity index (χ0v) is 13.9. The average molecular weight is 326 g/mol. The Kier molecular flexibility index (Phi) is 4.07. The molecule has 0 aromatic heterocycles. The van der Waals surface area contributed by atoms with Crippen LogP contribution in [0.2, 0.25) is 0 Å². The van der Waals surface area contributed by atoms with E-state index in [0.717, 1.165) is 23.6 Å². The number of hydrogen-bond donors (Lipinski definition) is 1. The molecule has 2 atom stereocenters. The summed E-state index contributed by atoms with van der Waals surface area (Å²) in [4.78, 5) is 2.92. The number of rotatable bonds is 2. The topological polar surface area (TPSA) is 63.4 Å². The molecule has 0 radical (unpaired) electrons. The van der Waals surface area contributed by atoms with Crippen LogP contribution in [0.5, 0.6) is 0 Å². The van der Waals surface area contributed by atoms with E-state index in [1.54, 1.807) is 12.1 Å². The van der Waals surface area contributed by atoms with E-state index in [0.29, 0.717) is 23.9 Å². The Morgan fingerprint density at radius 2 is 2.19 bits per heavy atom. The Labute approximate surface area is 131 Å². The number of benzene rings is 1. The molecular weight excluding hydrogens is 304 g/mol. The Morgan fingerprint density at radius 1 is 1.43 bits per heavy atom. The van der Waals surface area contributed by atoms with Gasteiger partial charge in [0.1, 0.15) is 0 Å². The predicted molar refractivity (Wildman–Crippen MR) is 87.3 cm³/mol. The fourth-order valence-corrected chi connectivity index (χ4v) is 6.38. The molecule has 0 amide bonds. The molecule has 0 saturated carbocycles. The third-order valence-corrected chi connectivity index (χ3v) is 7.72. The number of thioether (sulfide) groups is 1. The second-order valence-corrected chi connectivity index (χ2v) is 9.15. The van der Waals surface area contributed by atoms with Crippen LogP contribution in [-0.4, -0.2) is 49.7 Å². The van der Waals surface area contributed by atoms with Gasteiger partial charge in [-0.3, -0.25) is 4.90 Å². The van der Waals surface area contributed by atoms with Gasteiger partial charge in [0.15, 0.2) is 9.84 Å². The highest BCUT2D eigenvalue weighted by atomic mass is 32.2. The molecule has 2 unspecified atom stereocenters. The molecule has 1 aromatic carbocycles. The van der Waals surface area contributed by atoms with Crippen LogP contribution in [0.25, 0.3) is 0 Å². The van der Waals surface area contributed by atoms with Gasteiger partial charge in [-0.15, -0.1) is 0 Å². The van der Waals surface area contributed by atoms with Crippen molar-refractivity contribution in [2.45, 2.75) is 29.8 Å². The summed E-state index contributed by atoms with van der Waals surface area (Å²) in [6, 6.07) is 7.83. The summed E-state index contributed by atoms with van der Waals surface area (Å²) >= 11 is 1.96. The Hall–Kier alpha value is -0.560. The summed E-state index contributed by atoms with van der Waals surface area (Å²) in [7, 11) is -3.17. The van der Waals surface area contributed by atoms with Gasteiger partial charge in [-0.25, -0.2) is 8.42 Å². The number of fused-ring (bicyclic) bond motifs is 1. The molecule has 1 aromatic rings. The molecule has 2 aliphatic rings. The van der Waals surface area contributed by atoms with Gasteiger partial charge < -0.3 is 5.73 Å². The maximum Gasteiger partial charge on any atom is 0.178 e. The third-order valence-electron chi connectivity index (χ3n) is 4.76. The van der Waals surface area contributed by atoms with Gasteiger partial charge in [0.25, 0.3) is 0 Å². The van der Waals surface area contributed by atoms with Crippen LogP contribution >= 0.6 is 11.8 Å². The molecule has 2 aliphatic heterocycles. The van der Waals surface area contributed by atoms with Crippen LogP contribution in [-0.2, 0) is 15.4 Å². The monoisotopic (exact) mass is 326 g/mol. The van der Waals surface area contributed by atoms with Crippen LogP contribution in [0.1, 0.15) is 18.9 Å². The zero-order chi connectivity index (χ0) is 15.1. The lowest BCUT2D eigenvalue weighted by atomic mass is 9.83. The number of nitrogens with zero attached hydrogens (tertiary/aromatic N) is 1. The van der Waals surface area contributed by atoms with Crippen molar-refractivity contribution in [3.8, 4) is 0 Å². The molecule has 1 fully saturated rings. The first-order valence-corrected chi connectivity index (χ1v) is 10.2. The highest BCUT2D eigenvalue weighted by Crippen LogP contribution is 2.42. The quantitative estimate of drug-likeness (QED) is 0.891. The number of nitrogens with two attached hydrogens (primary N) is 1. The van der Waals surface area contributed by atoms with Crippen molar-refractivity contribution in [1.82, 2.24) is 4.90 Å². The molecule has 0 bridgehead atoms. The van der Waals surface area contributed by atoms with Gasteiger partial charge in [0.05, 0.1) is 16.2 Å². The molecule has 3 rings (SSSR count). The molecule has 21 heavy (non-hydrogen) atoms. The van der Waals surface area contributed by atoms with Crippen molar-refractivity contribution < 1.29 is 8.42 Å². The number of sulfone groups is 1. The standard InChI is InChI=1S/C15H22N2O2S2/c1-12-10-20-8-7-17(12)15(11-16)6-9-21(18,19)14-5-3-2-4-13(14)15/h2-5,12H,6-11,16H2,1H3. The molecular formula is C15H22N2O2S2. The molecule has 4 nitrogen and oxygen atoms in total. The molecule has 2 N–H and O–H groups in total. The number of hydrogen-bond acceptors (Lipinski definition) is 5. The lowest BCUT2D eigenvalue weighted by molar-refractivity contribution is 0.0568. The van der Waals surface area contributed by atoms with Crippen LogP contribution in [0, 0.1) is 0 Å². The predicted octanol–water partition coefficient (Wildman–Crippen LogP) is 1.46. The summed E-state index contributed by atoms with van der Waals surface area (Å²) in [5.41, 5.74) is 6.76. The largest absolute Gasteiger partial charge is 0.328 e. The average Bonchev–Trinajstić information content (AvgIpc) is 2.49. The normalized spacial score (nSPS) is 32.6. The van der Waals surface area contributed by atoms with Crippen LogP contribution in [0.15, 0.2) is 29.2 Å². The summed E-state index contributed by atoms with van der Waals surface area (Å²) in [5, 5.41) is 0. The minimum absolute atomic E-state index is 0.192. The minimum Gasteiger partial charge on any atom is -0.328 e. The van der Waals surface area contributed by atoms with E-state index in [4.69, 9.17) is 5.73 Å². The molecule has 1 saturated heterocycles. The fraction of sp³-hybridized carbons (Fsp3) is 0.600. The second-order valence-electron chi connectivity index (χ2n) is 5.92.